The van der Waals surface area contributed by atoms with E-state index < -0.39 is 0 Å². The molecule has 1 aliphatic heterocycles. The second-order valence-electron chi connectivity index (χ2n) is 8.03. The summed E-state index contributed by atoms with van der Waals surface area (Å²) >= 11 is 0. The van der Waals surface area contributed by atoms with Crippen molar-refractivity contribution in [3.05, 3.63) is 58.7 Å². The van der Waals surface area contributed by atoms with Crippen LogP contribution in [0.4, 0.5) is 11.4 Å². The van der Waals surface area contributed by atoms with Crippen LogP contribution in [0, 0.1) is 27.7 Å². The number of nitrogens with zero attached hydrogens (tertiary/aromatic N) is 2. The third kappa shape index (κ3) is 4.59. The van der Waals surface area contributed by atoms with Gasteiger partial charge in [0.05, 0.1) is 23.6 Å². The monoisotopic (exact) mass is 376 g/mol. The van der Waals surface area contributed by atoms with Crippen molar-refractivity contribution in [1.29, 1.82) is 0 Å². The molecule has 0 radical (unpaired) electrons. The number of hydrogen-bond donors (Lipinski definition) is 0. The molecule has 2 aromatic carbocycles. The minimum Gasteiger partial charge on any atom is -0.363 e. The lowest BCUT2D eigenvalue weighted by Crippen LogP contribution is -2.36. The molecule has 0 aromatic heterocycles. The number of benzene rings is 2. The Kier molecular flexibility index (Phi) is 6.46. The second kappa shape index (κ2) is 8.83. The van der Waals surface area contributed by atoms with Crippen molar-refractivity contribution in [1.82, 2.24) is 0 Å². The normalized spacial score (nSPS) is 21.1. The molecule has 0 amide bonds. The van der Waals surface area contributed by atoms with Gasteiger partial charge in [-0.05, 0) is 83.1 Å². The fourth-order valence-corrected chi connectivity index (χ4v) is 3.90. The van der Waals surface area contributed by atoms with Gasteiger partial charge in [0.15, 0.2) is 0 Å². The zero-order valence-corrected chi connectivity index (χ0v) is 18.0. The highest BCUT2D eigenvalue weighted by atomic mass is 16.5. The van der Waals surface area contributed by atoms with Crippen molar-refractivity contribution in [3.8, 4) is 0 Å². The molecule has 1 heterocycles. The number of aryl methyl sites for hydroxylation is 4. The van der Waals surface area contributed by atoms with E-state index in [0.717, 1.165) is 42.1 Å². The van der Waals surface area contributed by atoms with Crippen LogP contribution in [0.5, 0.6) is 0 Å². The van der Waals surface area contributed by atoms with Crippen LogP contribution in [0.2, 0.25) is 0 Å². The van der Waals surface area contributed by atoms with Gasteiger partial charge in [0.25, 0.3) is 0 Å². The summed E-state index contributed by atoms with van der Waals surface area (Å²) in [4.78, 5) is 9.88. The smallest absolute Gasteiger partial charge is 0.0962 e. The summed E-state index contributed by atoms with van der Waals surface area (Å²) in [6, 6.07) is 12.6. The van der Waals surface area contributed by atoms with Gasteiger partial charge in [-0.25, -0.2) is 0 Å². The van der Waals surface area contributed by atoms with Crippen molar-refractivity contribution < 1.29 is 4.74 Å². The summed E-state index contributed by atoms with van der Waals surface area (Å²) in [5.74, 6) is 0. The topological polar surface area (TPSA) is 34.0 Å². The highest BCUT2D eigenvalue weighted by Gasteiger charge is 2.26. The number of ether oxygens (including phenoxy) is 1. The molecule has 1 saturated heterocycles. The minimum absolute atomic E-state index is 0.0564. The Morgan fingerprint density at radius 2 is 1.07 bits per heavy atom. The molecule has 3 heteroatoms. The van der Waals surface area contributed by atoms with E-state index in [1.165, 1.54) is 22.3 Å². The lowest BCUT2D eigenvalue weighted by atomic mass is 9.98. The Morgan fingerprint density at radius 1 is 0.714 bits per heavy atom. The van der Waals surface area contributed by atoms with Gasteiger partial charge in [-0.1, -0.05) is 36.4 Å². The first-order valence-electron chi connectivity index (χ1n) is 10.2. The maximum Gasteiger partial charge on any atom is 0.0962 e. The lowest BCUT2D eigenvalue weighted by molar-refractivity contribution is 0.0230. The summed E-state index contributed by atoms with van der Waals surface area (Å²) in [5, 5.41) is 0. The van der Waals surface area contributed by atoms with Gasteiger partial charge in [-0.3, -0.25) is 9.98 Å². The molecule has 148 valence electrons. The molecule has 2 atom stereocenters. The molecule has 3 rings (SSSR count). The van der Waals surface area contributed by atoms with Crippen molar-refractivity contribution >= 4 is 22.8 Å². The number of aliphatic imine (C=N–C) groups is 2. The van der Waals surface area contributed by atoms with E-state index >= 15 is 0 Å². The van der Waals surface area contributed by atoms with Crippen LogP contribution in [0.3, 0.4) is 0 Å². The van der Waals surface area contributed by atoms with Crippen LogP contribution < -0.4 is 0 Å². The van der Waals surface area contributed by atoms with Gasteiger partial charge in [-0.2, -0.15) is 0 Å². The molecule has 2 aromatic rings. The zero-order valence-electron chi connectivity index (χ0n) is 18.0. The average Bonchev–Trinajstić information content (AvgIpc) is 2.67. The van der Waals surface area contributed by atoms with E-state index in [1.54, 1.807) is 0 Å². The summed E-state index contributed by atoms with van der Waals surface area (Å²) in [5.41, 5.74) is 9.10. The average molecular weight is 377 g/mol. The van der Waals surface area contributed by atoms with E-state index in [0.29, 0.717) is 0 Å². The van der Waals surface area contributed by atoms with Crippen molar-refractivity contribution in [2.75, 3.05) is 0 Å². The van der Waals surface area contributed by atoms with E-state index in [-0.39, 0.29) is 12.2 Å². The van der Waals surface area contributed by atoms with Crippen LogP contribution >= 0.6 is 0 Å². The standard InChI is InChI=1S/C25H32N2O/c1-16-10-7-11-17(2)24(16)26-20(5)22-14-9-15-23(28-22)21(6)27-25-18(3)12-8-13-19(25)4/h7-8,10-13,22-23H,9,14-15H2,1-6H3/b26-20+,27-21+. The summed E-state index contributed by atoms with van der Waals surface area (Å²) < 4.78 is 6.45. The first kappa shape index (κ1) is 20.5. The maximum absolute atomic E-state index is 6.45. The largest absolute Gasteiger partial charge is 0.363 e. The Balaban J connectivity index is 1.80. The highest BCUT2D eigenvalue weighted by molar-refractivity contribution is 5.92. The van der Waals surface area contributed by atoms with Gasteiger partial charge in [0, 0.05) is 11.4 Å². The quantitative estimate of drug-likeness (QED) is 0.544. The molecule has 3 nitrogen and oxygen atoms in total. The van der Waals surface area contributed by atoms with Gasteiger partial charge < -0.3 is 4.74 Å². The number of hydrogen-bond acceptors (Lipinski definition) is 3. The summed E-state index contributed by atoms with van der Waals surface area (Å²) in [6.07, 6.45) is 3.29. The molecular formula is C25H32N2O. The molecule has 0 saturated carbocycles. The molecule has 28 heavy (non-hydrogen) atoms. The van der Waals surface area contributed by atoms with E-state index in [2.05, 4.69) is 77.9 Å². The van der Waals surface area contributed by atoms with E-state index in [4.69, 9.17) is 14.7 Å². The predicted molar refractivity (Wildman–Crippen MR) is 120 cm³/mol. The molecule has 2 unspecified atom stereocenters. The molecule has 0 aliphatic carbocycles. The number of para-hydroxylation sites is 2. The van der Waals surface area contributed by atoms with Crippen molar-refractivity contribution in [3.63, 3.8) is 0 Å². The first-order chi connectivity index (χ1) is 13.4. The van der Waals surface area contributed by atoms with Crippen LogP contribution in [0.25, 0.3) is 0 Å². The van der Waals surface area contributed by atoms with Crippen molar-refractivity contribution in [2.24, 2.45) is 9.98 Å². The van der Waals surface area contributed by atoms with E-state index in [1.807, 2.05) is 0 Å². The first-order valence-corrected chi connectivity index (χ1v) is 10.2. The second-order valence-corrected chi connectivity index (χ2v) is 8.03. The predicted octanol–water partition coefficient (Wildman–Crippen LogP) is 6.74. The molecular weight excluding hydrogens is 344 g/mol. The molecule has 0 spiro atoms. The molecule has 0 bridgehead atoms. The highest BCUT2D eigenvalue weighted by Crippen LogP contribution is 2.28. The van der Waals surface area contributed by atoms with Gasteiger partial charge in [-0.15, -0.1) is 0 Å². The Morgan fingerprint density at radius 3 is 1.43 bits per heavy atom. The molecule has 1 aliphatic rings. The third-order valence-electron chi connectivity index (χ3n) is 5.65. The summed E-state index contributed by atoms with van der Waals surface area (Å²) in [7, 11) is 0. The third-order valence-corrected chi connectivity index (χ3v) is 5.65. The van der Waals surface area contributed by atoms with Crippen LogP contribution in [-0.2, 0) is 4.74 Å². The fourth-order valence-electron chi connectivity index (χ4n) is 3.90. The van der Waals surface area contributed by atoms with Crippen LogP contribution in [0.15, 0.2) is 46.4 Å². The van der Waals surface area contributed by atoms with Crippen LogP contribution in [-0.4, -0.2) is 23.6 Å². The SMILES string of the molecule is C/C(=N\c1c(C)cccc1C)C1CCCC(/C(C)=N/c2c(C)cccc2C)O1. The Bertz CT molecular complexity index is 797. The fraction of sp³-hybridized carbons (Fsp3) is 0.440. The maximum atomic E-state index is 6.45. The van der Waals surface area contributed by atoms with Crippen molar-refractivity contribution in [2.45, 2.75) is 73.0 Å². The molecule has 1 fully saturated rings. The molecule has 0 N–H and O–H groups in total. The van der Waals surface area contributed by atoms with Gasteiger partial charge >= 0.3 is 0 Å². The van der Waals surface area contributed by atoms with Gasteiger partial charge in [0.2, 0.25) is 0 Å². The minimum atomic E-state index is 0.0564. The zero-order chi connectivity index (χ0) is 20.3. The summed E-state index contributed by atoms with van der Waals surface area (Å²) in [6.45, 7) is 12.7. The number of rotatable bonds is 4. The lowest BCUT2D eigenvalue weighted by Gasteiger charge is -2.30. The van der Waals surface area contributed by atoms with Crippen LogP contribution in [0.1, 0.15) is 55.4 Å². The Labute approximate surface area is 169 Å². The van der Waals surface area contributed by atoms with Gasteiger partial charge in [0.1, 0.15) is 0 Å². The van der Waals surface area contributed by atoms with E-state index in [9.17, 15) is 0 Å². The Hall–Kier alpha value is -2.26.